The van der Waals surface area contributed by atoms with Crippen molar-refractivity contribution < 1.29 is 0 Å². The fourth-order valence-corrected chi connectivity index (χ4v) is 2.04. The molecular weight excluding hydrogens is 196 g/mol. The van der Waals surface area contributed by atoms with Gasteiger partial charge in [-0.1, -0.05) is 36.4 Å². The second kappa shape index (κ2) is 3.32. The van der Waals surface area contributed by atoms with Crippen molar-refractivity contribution in [2.24, 2.45) is 0 Å². The molecule has 3 aromatic carbocycles. The molecule has 2 heteroatoms. The Morgan fingerprint density at radius 3 is 2.19 bits per heavy atom. The van der Waals surface area contributed by atoms with Crippen molar-refractivity contribution in [2.45, 2.75) is 0 Å². The lowest BCUT2D eigenvalue weighted by Gasteiger charge is -1.99. The molecule has 0 saturated heterocycles. The van der Waals surface area contributed by atoms with Crippen molar-refractivity contribution in [3.63, 3.8) is 0 Å². The lowest BCUT2D eigenvalue weighted by molar-refractivity contribution is 1.47. The molecule has 0 radical (unpaired) electrons. The lowest BCUT2D eigenvalue weighted by Crippen LogP contribution is -1.75. The molecule has 3 rings (SSSR count). The number of hydrogen-bond acceptors (Lipinski definition) is 1. The zero-order valence-electron chi connectivity index (χ0n) is 8.59. The Morgan fingerprint density at radius 2 is 1.44 bits per heavy atom. The number of nitrogens with zero attached hydrogens (tertiary/aromatic N) is 2. The number of diazo groups is 1. The molecule has 0 unspecified atom stereocenters. The highest BCUT2D eigenvalue weighted by Gasteiger charge is 2.10. The Balaban J connectivity index is 2.52. The summed E-state index contributed by atoms with van der Waals surface area (Å²) in [5, 5.41) is 13.4. The van der Waals surface area contributed by atoms with Gasteiger partial charge >= 0.3 is 5.69 Å². The molecule has 0 fully saturated rings. The van der Waals surface area contributed by atoms with Crippen LogP contribution in [-0.2, 0) is 0 Å². The van der Waals surface area contributed by atoms with Crippen molar-refractivity contribution in [2.75, 3.05) is 0 Å². The first kappa shape index (κ1) is 8.87. The van der Waals surface area contributed by atoms with Crippen LogP contribution in [0.1, 0.15) is 0 Å². The SMILES string of the molecule is N#[N+]c1cccc2cc3ccccc3cc12. The zero-order chi connectivity index (χ0) is 11.0. The Morgan fingerprint density at radius 1 is 0.750 bits per heavy atom. The molecule has 74 valence electrons. The van der Waals surface area contributed by atoms with Gasteiger partial charge in [-0.05, 0) is 28.3 Å². The molecule has 0 aliphatic rings. The molecule has 0 aromatic heterocycles. The van der Waals surface area contributed by atoms with Crippen molar-refractivity contribution in [3.8, 4) is 0 Å². The van der Waals surface area contributed by atoms with Gasteiger partial charge < -0.3 is 0 Å². The highest BCUT2D eigenvalue weighted by Crippen LogP contribution is 2.29. The van der Waals surface area contributed by atoms with E-state index in [1.165, 1.54) is 5.39 Å². The van der Waals surface area contributed by atoms with E-state index < -0.39 is 0 Å². The van der Waals surface area contributed by atoms with Crippen LogP contribution in [0.15, 0.2) is 54.6 Å². The van der Waals surface area contributed by atoms with E-state index >= 15 is 0 Å². The summed E-state index contributed by atoms with van der Waals surface area (Å²) < 4.78 is 0. The highest BCUT2D eigenvalue weighted by atomic mass is 14.8. The quantitative estimate of drug-likeness (QED) is 0.393. The van der Waals surface area contributed by atoms with Gasteiger partial charge in [-0.25, -0.2) is 0 Å². The van der Waals surface area contributed by atoms with Crippen LogP contribution in [0.25, 0.3) is 26.5 Å². The maximum absolute atomic E-state index is 8.93. The topological polar surface area (TPSA) is 28.1 Å². The van der Waals surface area contributed by atoms with Gasteiger partial charge in [0.2, 0.25) is 5.39 Å². The summed E-state index contributed by atoms with van der Waals surface area (Å²) in [5.41, 5.74) is 0.614. The zero-order valence-corrected chi connectivity index (χ0v) is 8.59. The van der Waals surface area contributed by atoms with E-state index in [1.807, 2.05) is 24.3 Å². The Bertz CT molecular complexity index is 723. The van der Waals surface area contributed by atoms with Crippen LogP contribution in [0.2, 0.25) is 0 Å². The van der Waals surface area contributed by atoms with Gasteiger partial charge in [0.25, 0.3) is 0 Å². The fraction of sp³-hybridized carbons (Fsp3) is 0. The van der Waals surface area contributed by atoms with Crippen LogP contribution in [-0.4, -0.2) is 0 Å². The summed E-state index contributed by atoms with van der Waals surface area (Å²) in [6.45, 7) is 0. The average molecular weight is 205 g/mol. The van der Waals surface area contributed by atoms with Crippen molar-refractivity contribution in [1.82, 2.24) is 0 Å². The summed E-state index contributed by atoms with van der Waals surface area (Å²) in [6.07, 6.45) is 0. The summed E-state index contributed by atoms with van der Waals surface area (Å²) in [4.78, 5) is 3.31. The fourth-order valence-electron chi connectivity index (χ4n) is 2.04. The molecule has 0 atom stereocenters. The first-order valence-corrected chi connectivity index (χ1v) is 5.15. The molecule has 0 aliphatic heterocycles. The minimum Gasteiger partial charge on any atom is -0.0616 e. The van der Waals surface area contributed by atoms with E-state index in [0.717, 1.165) is 16.2 Å². The van der Waals surface area contributed by atoms with E-state index in [1.54, 1.807) is 6.07 Å². The summed E-state index contributed by atoms with van der Waals surface area (Å²) >= 11 is 0. The van der Waals surface area contributed by atoms with Crippen LogP contribution >= 0.6 is 0 Å². The number of benzene rings is 3. The smallest absolute Gasteiger partial charge is 0.0616 e. The molecule has 0 aliphatic carbocycles. The molecule has 0 spiro atoms. The second-order valence-electron chi connectivity index (χ2n) is 3.80. The third kappa shape index (κ3) is 1.23. The van der Waals surface area contributed by atoms with Crippen LogP contribution in [0.5, 0.6) is 0 Å². The molecule has 0 amide bonds. The first-order valence-electron chi connectivity index (χ1n) is 5.15. The average Bonchev–Trinajstić information content (AvgIpc) is 2.35. The van der Waals surface area contributed by atoms with Crippen molar-refractivity contribution in [3.05, 3.63) is 59.6 Å². The Labute approximate surface area is 92.8 Å². The van der Waals surface area contributed by atoms with Crippen molar-refractivity contribution >= 4 is 27.2 Å². The minimum absolute atomic E-state index is 0.614. The maximum atomic E-state index is 8.93. The number of hydrogen-bond donors (Lipinski definition) is 0. The predicted molar refractivity (Wildman–Crippen MR) is 66.2 cm³/mol. The molecule has 3 aromatic rings. The van der Waals surface area contributed by atoms with Gasteiger partial charge in [-0.15, -0.1) is 0 Å². The van der Waals surface area contributed by atoms with Crippen LogP contribution in [0.4, 0.5) is 5.69 Å². The Kier molecular flexibility index (Phi) is 1.84. The first-order chi connectivity index (χ1) is 7.88. The third-order valence-electron chi connectivity index (χ3n) is 2.83. The van der Waals surface area contributed by atoms with Gasteiger partial charge in [-0.3, -0.25) is 0 Å². The molecule has 0 N–H and O–H groups in total. The van der Waals surface area contributed by atoms with E-state index in [4.69, 9.17) is 5.39 Å². The van der Waals surface area contributed by atoms with Gasteiger partial charge in [-0.2, -0.15) is 0 Å². The largest absolute Gasteiger partial charge is 0.392 e. The molecule has 2 nitrogen and oxygen atoms in total. The monoisotopic (exact) mass is 205 g/mol. The number of rotatable bonds is 0. The van der Waals surface area contributed by atoms with Gasteiger partial charge in [0.15, 0.2) is 4.98 Å². The Hall–Kier alpha value is -2.40. The van der Waals surface area contributed by atoms with E-state index in [-0.39, 0.29) is 0 Å². The number of fused-ring (bicyclic) bond motifs is 2. The second-order valence-corrected chi connectivity index (χ2v) is 3.80. The van der Waals surface area contributed by atoms with Gasteiger partial charge in [0.05, 0.1) is 5.39 Å². The highest BCUT2D eigenvalue weighted by molar-refractivity contribution is 6.03. The molecule has 0 bridgehead atoms. The molecule has 0 heterocycles. The summed E-state index contributed by atoms with van der Waals surface area (Å²) in [6, 6.07) is 18.1. The van der Waals surface area contributed by atoms with E-state index in [0.29, 0.717) is 5.69 Å². The molecule has 16 heavy (non-hydrogen) atoms. The van der Waals surface area contributed by atoms with Crippen LogP contribution in [0.3, 0.4) is 0 Å². The maximum Gasteiger partial charge on any atom is 0.392 e. The van der Waals surface area contributed by atoms with Gasteiger partial charge in [0.1, 0.15) is 0 Å². The molecule has 0 saturated carbocycles. The van der Waals surface area contributed by atoms with Gasteiger partial charge in [0, 0.05) is 6.07 Å². The van der Waals surface area contributed by atoms with Crippen LogP contribution < -0.4 is 0 Å². The minimum atomic E-state index is 0.614. The third-order valence-corrected chi connectivity index (χ3v) is 2.83. The van der Waals surface area contributed by atoms with Crippen LogP contribution in [0, 0.1) is 5.39 Å². The summed E-state index contributed by atoms with van der Waals surface area (Å²) in [5.74, 6) is 0. The lowest BCUT2D eigenvalue weighted by atomic mass is 10.0. The van der Waals surface area contributed by atoms with Crippen molar-refractivity contribution in [1.29, 1.82) is 5.39 Å². The van der Waals surface area contributed by atoms with E-state index in [2.05, 4.69) is 29.2 Å². The normalized spacial score (nSPS) is 10.4. The standard InChI is InChI=1S/C14H9N2/c15-16-14-7-3-6-12-8-10-4-1-2-5-11(10)9-13(12)14/h1-9H/q+1. The predicted octanol–water partition coefficient (Wildman–Crippen LogP) is 4.48. The summed E-state index contributed by atoms with van der Waals surface area (Å²) in [7, 11) is 0. The molecular formula is C14H9N2+. The van der Waals surface area contributed by atoms with E-state index in [9.17, 15) is 0 Å².